The summed E-state index contributed by atoms with van der Waals surface area (Å²) >= 11 is 0. The maximum absolute atomic E-state index is 12.8. The van der Waals surface area contributed by atoms with Crippen LogP contribution in [0.25, 0.3) is 0 Å². The lowest BCUT2D eigenvalue weighted by Crippen LogP contribution is -2.37. The third-order valence-corrected chi connectivity index (χ3v) is 4.21. The van der Waals surface area contributed by atoms with E-state index in [2.05, 4.69) is 34.6 Å². The predicted molar refractivity (Wildman–Crippen MR) is 105 cm³/mol. The SMILES string of the molecule is CCc1noc(CC)c1CNC(=NC)NCCCCOc1ccc(F)cc1. The molecule has 0 aliphatic rings. The van der Waals surface area contributed by atoms with Gasteiger partial charge in [0.25, 0.3) is 0 Å². The highest BCUT2D eigenvalue weighted by atomic mass is 19.1. The van der Waals surface area contributed by atoms with Crippen LogP contribution in [0.3, 0.4) is 0 Å². The lowest BCUT2D eigenvalue weighted by Gasteiger charge is -2.12. The zero-order valence-electron chi connectivity index (χ0n) is 16.3. The molecule has 0 unspecified atom stereocenters. The fraction of sp³-hybridized carbons (Fsp3) is 0.500. The minimum Gasteiger partial charge on any atom is -0.494 e. The fourth-order valence-electron chi connectivity index (χ4n) is 2.69. The summed E-state index contributed by atoms with van der Waals surface area (Å²) in [4.78, 5) is 4.25. The van der Waals surface area contributed by atoms with Crippen LogP contribution in [0.15, 0.2) is 33.8 Å². The molecule has 1 aromatic heterocycles. The lowest BCUT2D eigenvalue weighted by atomic mass is 10.1. The van der Waals surface area contributed by atoms with Crippen LogP contribution in [-0.4, -0.2) is 31.3 Å². The minimum absolute atomic E-state index is 0.256. The van der Waals surface area contributed by atoms with Crippen molar-refractivity contribution in [3.63, 3.8) is 0 Å². The van der Waals surface area contributed by atoms with Gasteiger partial charge in [0.15, 0.2) is 5.96 Å². The highest BCUT2D eigenvalue weighted by Gasteiger charge is 2.13. The maximum atomic E-state index is 12.8. The highest BCUT2D eigenvalue weighted by molar-refractivity contribution is 5.79. The zero-order valence-corrected chi connectivity index (χ0v) is 16.3. The smallest absolute Gasteiger partial charge is 0.191 e. The van der Waals surface area contributed by atoms with Crippen molar-refractivity contribution in [2.75, 3.05) is 20.2 Å². The number of ether oxygens (including phenoxy) is 1. The highest BCUT2D eigenvalue weighted by Crippen LogP contribution is 2.15. The molecule has 2 N–H and O–H groups in total. The summed E-state index contributed by atoms with van der Waals surface area (Å²) in [6.45, 7) is 6.16. The van der Waals surface area contributed by atoms with Gasteiger partial charge in [0.05, 0.1) is 12.3 Å². The molecule has 0 amide bonds. The summed E-state index contributed by atoms with van der Waals surface area (Å²) in [7, 11) is 1.75. The second-order valence-corrected chi connectivity index (χ2v) is 6.10. The molecule has 0 radical (unpaired) electrons. The van der Waals surface area contributed by atoms with Crippen molar-refractivity contribution in [3.8, 4) is 5.75 Å². The number of rotatable bonds is 10. The Labute approximate surface area is 160 Å². The number of aliphatic imine (C=N–C) groups is 1. The van der Waals surface area contributed by atoms with E-state index in [1.54, 1.807) is 19.2 Å². The first-order valence-electron chi connectivity index (χ1n) is 9.47. The maximum Gasteiger partial charge on any atom is 0.191 e. The van der Waals surface area contributed by atoms with E-state index in [9.17, 15) is 4.39 Å². The molecule has 1 heterocycles. The first-order chi connectivity index (χ1) is 13.2. The Bertz CT molecular complexity index is 692. The summed E-state index contributed by atoms with van der Waals surface area (Å²) in [5.41, 5.74) is 2.11. The van der Waals surface area contributed by atoms with Gasteiger partial charge in [-0.2, -0.15) is 0 Å². The Balaban J connectivity index is 1.65. The number of halogens is 1. The van der Waals surface area contributed by atoms with Crippen LogP contribution in [0, 0.1) is 5.82 Å². The van der Waals surface area contributed by atoms with E-state index in [0.717, 1.165) is 55.2 Å². The van der Waals surface area contributed by atoms with E-state index >= 15 is 0 Å². The Morgan fingerprint density at radius 3 is 2.59 bits per heavy atom. The van der Waals surface area contributed by atoms with Gasteiger partial charge in [-0.05, 0) is 43.5 Å². The van der Waals surface area contributed by atoms with Crippen LogP contribution in [0.2, 0.25) is 0 Å². The molecule has 0 spiro atoms. The molecule has 148 valence electrons. The monoisotopic (exact) mass is 376 g/mol. The molecule has 27 heavy (non-hydrogen) atoms. The zero-order chi connectivity index (χ0) is 19.5. The molecular formula is C20H29FN4O2. The van der Waals surface area contributed by atoms with Gasteiger partial charge in [0.1, 0.15) is 17.3 Å². The van der Waals surface area contributed by atoms with Crippen LogP contribution >= 0.6 is 0 Å². The van der Waals surface area contributed by atoms with Gasteiger partial charge >= 0.3 is 0 Å². The molecule has 0 saturated carbocycles. The number of benzene rings is 1. The summed E-state index contributed by atoms with van der Waals surface area (Å²) in [5.74, 6) is 2.11. The van der Waals surface area contributed by atoms with Gasteiger partial charge < -0.3 is 19.9 Å². The summed E-state index contributed by atoms with van der Waals surface area (Å²) < 4.78 is 23.8. The number of hydrogen-bond acceptors (Lipinski definition) is 4. The van der Waals surface area contributed by atoms with Gasteiger partial charge in [0, 0.05) is 32.1 Å². The number of aryl methyl sites for hydroxylation is 2. The second kappa shape index (κ2) is 11.2. The molecular weight excluding hydrogens is 347 g/mol. The van der Waals surface area contributed by atoms with Gasteiger partial charge in [-0.15, -0.1) is 0 Å². The molecule has 2 rings (SSSR count). The van der Waals surface area contributed by atoms with Crippen molar-refractivity contribution < 1.29 is 13.7 Å². The van der Waals surface area contributed by atoms with E-state index in [1.807, 2.05) is 0 Å². The topological polar surface area (TPSA) is 71.7 Å². The van der Waals surface area contributed by atoms with E-state index < -0.39 is 0 Å². The summed E-state index contributed by atoms with van der Waals surface area (Å²) in [6.07, 6.45) is 3.51. The Hall–Kier alpha value is -2.57. The summed E-state index contributed by atoms with van der Waals surface area (Å²) in [5, 5.41) is 10.7. The molecule has 1 aromatic carbocycles. The van der Waals surface area contributed by atoms with Crippen LogP contribution in [0.4, 0.5) is 4.39 Å². The third kappa shape index (κ3) is 6.58. The van der Waals surface area contributed by atoms with Crippen molar-refractivity contribution in [3.05, 3.63) is 47.1 Å². The molecule has 0 fully saturated rings. The van der Waals surface area contributed by atoms with Gasteiger partial charge in [0.2, 0.25) is 0 Å². The van der Waals surface area contributed by atoms with Gasteiger partial charge in [-0.3, -0.25) is 4.99 Å². The molecule has 7 heteroatoms. The number of hydrogen-bond donors (Lipinski definition) is 2. The predicted octanol–water partition coefficient (Wildman–Crippen LogP) is 3.46. The second-order valence-electron chi connectivity index (χ2n) is 6.10. The standard InChI is InChI=1S/C20H29FN4O2/c1-4-18-17(19(5-2)27-25-18)14-24-20(22-3)23-12-6-7-13-26-16-10-8-15(21)9-11-16/h8-11H,4-7,12-14H2,1-3H3,(H2,22,23,24). The normalized spacial score (nSPS) is 11.5. The lowest BCUT2D eigenvalue weighted by molar-refractivity contribution is 0.306. The Morgan fingerprint density at radius 2 is 1.93 bits per heavy atom. The van der Waals surface area contributed by atoms with E-state index in [4.69, 9.17) is 9.26 Å². The van der Waals surface area contributed by atoms with Crippen molar-refractivity contribution in [1.82, 2.24) is 15.8 Å². The fourth-order valence-corrected chi connectivity index (χ4v) is 2.69. The number of guanidine groups is 1. The molecule has 0 atom stereocenters. The number of nitrogens with zero attached hydrogens (tertiary/aromatic N) is 2. The van der Waals surface area contributed by atoms with Crippen LogP contribution in [0.1, 0.15) is 43.7 Å². The Morgan fingerprint density at radius 1 is 1.15 bits per heavy atom. The molecule has 6 nitrogen and oxygen atoms in total. The molecule has 0 saturated heterocycles. The number of nitrogens with one attached hydrogen (secondary N) is 2. The van der Waals surface area contributed by atoms with Crippen molar-refractivity contribution in [2.45, 2.75) is 46.1 Å². The Kier molecular flexibility index (Phi) is 8.61. The molecule has 0 bridgehead atoms. The van der Waals surface area contributed by atoms with Crippen LogP contribution in [-0.2, 0) is 19.4 Å². The average Bonchev–Trinajstić information content (AvgIpc) is 3.10. The van der Waals surface area contributed by atoms with Gasteiger partial charge in [-0.1, -0.05) is 19.0 Å². The van der Waals surface area contributed by atoms with Crippen molar-refractivity contribution in [1.29, 1.82) is 0 Å². The van der Waals surface area contributed by atoms with E-state index in [1.165, 1.54) is 12.1 Å². The molecule has 0 aliphatic heterocycles. The van der Waals surface area contributed by atoms with Crippen LogP contribution in [0.5, 0.6) is 5.75 Å². The quantitative estimate of drug-likeness (QED) is 0.377. The van der Waals surface area contributed by atoms with Crippen LogP contribution < -0.4 is 15.4 Å². The van der Waals surface area contributed by atoms with Crippen molar-refractivity contribution in [2.24, 2.45) is 4.99 Å². The molecule has 2 aromatic rings. The van der Waals surface area contributed by atoms with E-state index in [0.29, 0.717) is 18.9 Å². The first kappa shape index (κ1) is 20.7. The average molecular weight is 376 g/mol. The van der Waals surface area contributed by atoms with E-state index in [-0.39, 0.29) is 5.82 Å². The first-order valence-corrected chi connectivity index (χ1v) is 9.47. The number of aromatic nitrogens is 1. The number of unbranched alkanes of at least 4 members (excludes halogenated alkanes) is 1. The summed E-state index contributed by atoms with van der Waals surface area (Å²) in [6, 6.07) is 6.07. The largest absolute Gasteiger partial charge is 0.494 e. The van der Waals surface area contributed by atoms with Gasteiger partial charge in [-0.25, -0.2) is 4.39 Å². The third-order valence-electron chi connectivity index (χ3n) is 4.21. The minimum atomic E-state index is -0.256. The molecule has 0 aliphatic carbocycles. The van der Waals surface area contributed by atoms with Crippen molar-refractivity contribution >= 4 is 5.96 Å².